The first-order valence-corrected chi connectivity index (χ1v) is 2.88. The van der Waals surface area contributed by atoms with Gasteiger partial charge in [-0.1, -0.05) is 0 Å². The summed E-state index contributed by atoms with van der Waals surface area (Å²) in [6.07, 6.45) is -6.08. The smallest absolute Gasteiger partial charge is 0.459 e. The number of halogens is 5. The number of hydrogen-bond acceptors (Lipinski definition) is 3. The Bertz CT molecular complexity index is 169. The van der Waals surface area contributed by atoms with E-state index in [0.29, 0.717) is 0 Å². The van der Waals surface area contributed by atoms with Gasteiger partial charge in [0.15, 0.2) is 0 Å². The number of rotatable bonds is 1. The Hall–Kier alpha value is -0.960. The molecule has 0 rings (SSSR count). The van der Waals surface area contributed by atoms with Crippen molar-refractivity contribution in [1.82, 2.24) is 6.15 Å². The molecule has 0 radical (unpaired) electrons. The van der Waals surface area contributed by atoms with Crippen LogP contribution >= 0.6 is 0 Å². The summed E-state index contributed by atoms with van der Waals surface area (Å²) in [5.41, 5.74) is 0. The lowest BCUT2D eigenvalue weighted by Crippen LogP contribution is -2.51. The summed E-state index contributed by atoms with van der Waals surface area (Å²) in [6, 6.07) is 0. The fourth-order valence-corrected chi connectivity index (χ4v) is 0.116. The second kappa shape index (κ2) is 6.49. The SMILES string of the molecule is CCO.O=C([O-])C(F)(F)C(F)(F)F.[NH4+]. The normalized spacial score (nSPS) is 10.8. The maximum Gasteiger partial charge on any atom is 0.459 e. The van der Waals surface area contributed by atoms with Gasteiger partial charge in [-0.25, -0.2) is 0 Å². The summed E-state index contributed by atoms with van der Waals surface area (Å²) >= 11 is 0. The van der Waals surface area contributed by atoms with E-state index in [1.165, 1.54) is 0 Å². The molecule has 0 unspecified atom stereocenters. The molecule has 0 aromatic carbocycles. The number of quaternary nitrogens is 1. The van der Waals surface area contributed by atoms with Crippen molar-refractivity contribution >= 4 is 5.97 Å². The molecular formula is C5H10F5NO3. The van der Waals surface area contributed by atoms with Crippen molar-refractivity contribution in [3.05, 3.63) is 0 Å². The number of carbonyl (C=O) groups excluding carboxylic acids is 1. The number of carboxylic acid groups (broad SMARTS) is 1. The quantitative estimate of drug-likeness (QED) is 0.630. The van der Waals surface area contributed by atoms with Crippen LogP contribution < -0.4 is 11.3 Å². The van der Waals surface area contributed by atoms with Crippen LogP contribution in [0.3, 0.4) is 0 Å². The highest BCUT2D eigenvalue weighted by molar-refractivity contribution is 5.74. The van der Waals surface area contributed by atoms with Crippen molar-refractivity contribution in [2.45, 2.75) is 19.0 Å². The molecule has 0 aliphatic rings. The molecule has 0 spiro atoms. The molecule has 0 heterocycles. The lowest BCUT2D eigenvalue weighted by Gasteiger charge is -2.19. The lowest BCUT2D eigenvalue weighted by molar-refractivity contribution is -0.363. The molecule has 0 aromatic rings. The predicted octanol–water partition coefficient (Wildman–Crippen LogP) is 0.309. The van der Waals surface area contributed by atoms with Gasteiger partial charge in [-0.05, 0) is 6.92 Å². The van der Waals surface area contributed by atoms with Crippen molar-refractivity contribution in [2.75, 3.05) is 6.61 Å². The Labute approximate surface area is 75.9 Å². The second-order valence-corrected chi connectivity index (χ2v) is 1.68. The molecule has 0 aliphatic carbocycles. The Morgan fingerprint density at radius 1 is 1.29 bits per heavy atom. The lowest BCUT2D eigenvalue weighted by atomic mass is 10.3. The third-order valence-corrected chi connectivity index (χ3v) is 0.612. The molecule has 0 saturated carbocycles. The van der Waals surface area contributed by atoms with Crippen LogP contribution in [0, 0.1) is 0 Å². The average molecular weight is 227 g/mol. The van der Waals surface area contributed by atoms with Crippen molar-refractivity contribution in [1.29, 1.82) is 0 Å². The van der Waals surface area contributed by atoms with Crippen molar-refractivity contribution in [2.24, 2.45) is 0 Å². The Balaban J connectivity index is -0.000000267. The van der Waals surface area contributed by atoms with E-state index in [1.807, 2.05) is 0 Å². The van der Waals surface area contributed by atoms with Gasteiger partial charge in [0.25, 0.3) is 0 Å². The van der Waals surface area contributed by atoms with Gasteiger partial charge in [-0.2, -0.15) is 22.0 Å². The van der Waals surface area contributed by atoms with Crippen LogP contribution in [-0.2, 0) is 4.79 Å². The summed E-state index contributed by atoms with van der Waals surface area (Å²) in [5.74, 6) is -9.20. The maximum atomic E-state index is 11.3. The van der Waals surface area contributed by atoms with E-state index in [-0.39, 0.29) is 12.8 Å². The number of aliphatic hydroxyl groups excluding tert-OH is 1. The molecule has 0 bridgehead atoms. The van der Waals surface area contributed by atoms with Gasteiger partial charge in [0, 0.05) is 6.61 Å². The van der Waals surface area contributed by atoms with Gasteiger partial charge >= 0.3 is 12.1 Å². The summed E-state index contributed by atoms with van der Waals surface area (Å²) in [5, 5.41) is 16.7. The van der Waals surface area contributed by atoms with Crippen molar-refractivity contribution in [3.8, 4) is 0 Å². The highest BCUT2D eigenvalue weighted by Crippen LogP contribution is 2.34. The molecule has 0 amide bonds. The number of carboxylic acids is 1. The zero-order chi connectivity index (χ0) is 11.3. The van der Waals surface area contributed by atoms with E-state index in [9.17, 15) is 22.0 Å². The summed E-state index contributed by atoms with van der Waals surface area (Å²) < 4.78 is 55.3. The third kappa shape index (κ3) is 5.65. The number of aliphatic hydroxyl groups is 1. The first kappa shape index (κ1) is 18.8. The molecule has 14 heavy (non-hydrogen) atoms. The minimum absolute atomic E-state index is 0. The Morgan fingerprint density at radius 3 is 1.50 bits per heavy atom. The average Bonchev–Trinajstić information content (AvgIpc) is 1.86. The summed E-state index contributed by atoms with van der Waals surface area (Å²) in [4.78, 5) is 9.09. The fraction of sp³-hybridized carbons (Fsp3) is 0.800. The monoisotopic (exact) mass is 227 g/mol. The van der Waals surface area contributed by atoms with E-state index in [1.54, 1.807) is 6.92 Å². The largest absolute Gasteiger partial charge is 0.544 e. The molecule has 0 saturated heterocycles. The summed E-state index contributed by atoms with van der Waals surface area (Å²) in [7, 11) is 0. The second-order valence-electron chi connectivity index (χ2n) is 1.68. The van der Waals surface area contributed by atoms with Crippen LogP contribution in [0.15, 0.2) is 0 Å². The molecule has 0 fully saturated rings. The van der Waals surface area contributed by atoms with Crippen molar-refractivity contribution < 1.29 is 37.0 Å². The van der Waals surface area contributed by atoms with E-state index in [2.05, 4.69) is 0 Å². The highest BCUT2D eigenvalue weighted by atomic mass is 19.4. The van der Waals surface area contributed by atoms with Gasteiger partial charge in [0.2, 0.25) is 0 Å². The van der Waals surface area contributed by atoms with Crippen LogP contribution in [0.4, 0.5) is 22.0 Å². The predicted molar refractivity (Wildman–Crippen MR) is 34.8 cm³/mol. The number of alkyl halides is 5. The number of aliphatic carboxylic acids is 1. The van der Waals surface area contributed by atoms with E-state index in [0.717, 1.165) is 0 Å². The molecule has 0 aromatic heterocycles. The molecular weight excluding hydrogens is 217 g/mol. The van der Waals surface area contributed by atoms with E-state index in [4.69, 9.17) is 15.0 Å². The Kier molecular flexibility index (Phi) is 8.69. The van der Waals surface area contributed by atoms with Crippen LogP contribution in [0.25, 0.3) is 0 Å². The van der Waals surface area contributed by atoms with E-state index >= 15 is 0 Å². The standard InChI is InChI=1S/C3HF5O2.C2H6O.H3N/c4-2(5,1(9)10)3(6,7)8;1-2-3;/h(H,9,10);3H,2H2,1H3;1H3. The molecule has 88 valence electrons. The van der Waals surface area contributed by atoms with Crippen LogP contribution in [0.5, 0.6) is 0 Å². The fourth-order valence-electron chi connectivity index (χ4n) is 0.116. The minimum atomic E-state index is -6.08. The van der Waals surface area contributed by atoms with Gasteiger partial charge in [0.05, 0.1) is 0 Å². The van der Waals surface area contributed by atoms with Crippen molar-refractivity contribution in [3.63, 3.8) is 0 Å². The van der Waals surface area contributed by atoms with Crippen LogP contribution in [0.1, 0.15) is 6.92 Å². The zero-order valence-electron chi connectivity index (χ0n) is 7.36. The molecule has 4 nitrogen and oxygen atoms in total. The number of carbonyl (C=O) groups is 1. The third-order valence-electron chi connectivity index (χ3n) is 0.612. The van der Waals surface area contributed by atoms with Crippen LogP contribution in [-0.4, -0.2) is 29.8 Å². The van der Waals surface area contributed by atoms with Gasteiger partial charge in [0.1, 0.15) is 5.97 Å². The maximum absolute atomic E-state index is 11.3. The molecule has 0 atom stereocenters. The molecule has 5 N–H and O–H groups in total. The molecule has 9 heteroatoms. The van der Waals surface area contributed by atoms with E-state index < -0.39 is 18.1 Å². The molecule has 0 aliphatic heterocycles. The Morgan fingerprint density at radius 2 is 1.50 bits per heavy atom. The van der Waals surface area contributed by atoms with Gasteiger partial charge in [-0.15, -0.1) is 0 Å². The zero-order valence-corrected chi connectivity index (χ0v) is 7.36. The topological polar surface area (TPSA) is 96.9 Å². The highest BCUT2D eigenvalue weighted by Gasteiger charge is 2.58. The van der Waals surface area contributed by atoms with Crippen LogP contribution in [0.2, 0.25) is 0 Å². The first-order chi connectivity index (χ1) is 5.61. The van der Waals surface area contributed by atoms with Gasteiger partial charge in [-0.3, -0.25) is 0 Å². The summed E-state index contributed by atoms with van der Waals surface area (Å²) in [6.45, 7) is 1.93. The first-order valence-electron chi connectivity index (χ1n) is 2.88. The van der Waals surface area contributed by atoms with Gasteiger partial charge < -0.3 is 21.2 Å². The minimum Gasteiger partial charge on any atom is -0.544 e. The number of hydrogen-bond donors (Lipinski definition) is 2.